The van der Waals surface area contributed by atoms with Crippen molar-refractivity contribution in [3.8, 4) is 5.75 Å². The molecule has 32 heavy (non-hydrogen) atoms. The predicted molar refractivity (Wildman–Crippen MR) is 131 cm³/mol. The minimum Gasteiger partial charge on any atom is -0.472 e. The molecule has 1 fully saturated rings. The summed E-state index contributed by atoms with van der Waals surface area (Å²) in [5.74, 6) is 0.797. The highest BCUT2D eigenvalue weighted by atomic mass is 79.9. The van der Waals surface area contributed by atoms with Crippen molar-refractivity contribution in [1.82, 2.24) is 14.8 Å². The van der Waals surface area contributed by atoms with E-state index in [0.29, 0.717) is 26.2 Å². The minimum atomic E-state index is -0.689. The lowest BCUT2D eigenvalue weighted by Gasteiger charge is -2.40. The maximum absolute atomic E-state index is 12.8. The molecule has 1 aliphatic rings. The molecule has 1 aliphatic heterocycles. The summed E-state index contributed by atoms with van der Waals surface area (Å²) in [6, 6.07) is 17.8. The van der Waals surface area contributed by atoms with Gasteiger partial charge >= 0.3 is 0 Å². The lowest BCUT2D eigenvalue weighted by atomic mass is 10.1. The molecule has 0 saturated carbocycles. The van der Waals surface area contributed by atoms with Gasteiger partial charge in [0.15, 0.2) is 6.23 Å². The van der Waals surface area contributed by atoms with Crippen LogP contribution < -0.4 is 4.74 Å². The summed E-state index contributed by atoms with van der Waals surface area (Å²) in [6.07, 6.45) is -1.19. The van der Waals surface area contributed by atoms with E-state index in [2.05, 4.69) is 31.9 Å². The number of thiophene rings is 1. The molecule has 6 nitrogen and oxygen atoms in total. The molecule has 0 aliphatic carbocycles. The molecular formula is C24H24BrN3O3S. The third kappa shape index (κ3) is 4.03. The predicted octanol–water partition coefficient (Wildman–Crippen LogP) is 4.69. The first-order valence-electron chi connectivity index (χ1n) is 10.6. The molecule has 5 rings (SSSR count). The van der Waals surface area contributed by atoms with E-state index in [9.17, 15) is 9.90 Å². The molecule has 1 saturated heterocycles. The SMILES string of the molecule is CC(O)C(Oc1cccc2[nH]c3ccccc3c12)N1CCN(C(=O)c2ccc(Br)s2)CC1. The summed E-state index contributed by atoms with van der Waals surface area (Å²) >= 11 is 4.87. The first-order chi connectivity index (χ1) is 15.5. The minimum absolute atomic E-state index is 0.0541. The van der Waals surface area contributed by atoms with Crippen molar-refractivity contribution < 1.29 is 14.6 Å². The normalized spacial score (nSPS) is 17.0. The van der Waals surface area contributed by atoms with E-state index in [0.717, 1.165) is 36.2 Å². The van der Waals surface area contributed by atoms with Crippen LogP contribution in [0.15, 0.2) is 58.4 Å². The Hall–Kier alpha value is -2.39. The fraction of sp³-hybridized carbons (Fsp3) is 0.292. The summed E-state index contributed by atoms with van der Waals surface area (Å²) in [5, 5.41) is 12.7. The number of halogens is 1. The Morgan fingerprint density at radius 2 is 1.81 bits per heavy atom. The van der Waals surface area contributed by atoms with Gasteiger partial charge in [0.05, 0.1) is 14.2 Å². The van der Waals surface area contributed by atoms with Crippen molar-refractivity contribution in [3.63, 3.8) is 0 Å². The van der Waals surface area contributed by atoms with Gasteiger partial charge in [0.2, 0.25) is 0 Å². The van der Waals surface area contributed by atoms with Gasteiger partial charge in [-0.05, 0) is 53.2 Å². The number of aliphatic hydroxyl groups is 1. The molecule has 2 aromatic carbocycles. The number of para-hydroxylation sites is 1. The van der Waals surface area contributed by atoms with Crippen LogP contribution >= 0.6 is 27.3 Å². The lowest BCUT2D eigenvalue weighted by molar-refractivity contribution is -0.0708. The average Bonchev–Trinajstić information content (AvgIpc) is 3.40. The summed E-state index contributed by atoms with van der Waals surface area (Å²) in [6.45, 7) is 4.21. The molecule has 2 N–H and O–H groups in total. The molecular weight excluding hydrogens is 490 g/mol. The summed E-state index contributed by atoms with van der Waals surface area (Å²) in [7, 11) is 0. The Morgan fingerprint density at radius 1 is 1.06 bits per heavy atom. The van der Waals surface area contributed by atoms with Crippen LogP contribution in [0.25, 0.3) is 21.8 Å². The number of benzene rings is 2. The number of ether oxygens (including phenoxy) is 1. The van der Waals surface area contributed by atoms with Crippen LogP contribution in [0.5, 0.6) is 5.75 Å². The van der Waals surface area contributed by atoms with E-state index in [-0.39, 0.29) is 5.91 Å². The first-order valence-corrected chi connectivity index (χ1v) is 12.2. The molecule has 2 atom stereocenters. The largest absolute Gasteiger partial charge is 0.472 e. The van der Waals surface area contributed by atoms with Crippen LogP contribution in [0.4, 0.5) is 0 Å². The van der Waals surface area contributed by atoms with E-state index in [1.807, 2.05) is 53.4 Å². The highest BCUT2D eigenvalue weighted by Gasteiger charge is 2.31. The zero-order valence-corrected chi connectivity index (χ0v) is 20.0. The van der Waals surface area contributed by atoms with Crippen molar-refractivity contribution >= 4 is 55.0 Å². The number of carbonyl (C=O) groups is 1. The topological polar surface area (TPSA) is 68.8 Å². The number of carbonyl (C=O) groups excluding carboxylic acids is 1. The van der Waals surface area contributed by atoms with Crippen molar-refractivity contribution in [2.75, 3.05) is 26.2 Å². The standard InChI is InChI=1S/C24H24BrN3O3S/c1-15(29)24(28-13-11-27(12-14-28)23(30)20-9-10-21(25)32-20)31-19-8-4-7-18-22(19)16-5-2-3-6-17(16)26-18/h2-10,15,24,26,29H,11-14H2,1H3. The van der Waals surface area contributed by atoms with E-state index in [1.54, 1.807) is 6.92 Å². The number of rotatable bonds is 5. The molecule has 4 aromatic rings. The third-order valence-electron chi connectivity index (χ3n) is 5.90. The number of hydrogen-bond acceptors (Lipinski definition) is 5. The third-order valence-corrected chi connectivity index (χ3v) is 7.51. The molecule has 0 spiro atoms. The van der Waals surface area contributed by atoms with Crippen LogP contribution in [-0.4, -0.2) is 64.3 Å². The first kappa shape index (κ1) is 21.5. The average molecular weight is 514 g/mol. The lowest BCUT2D eigenvalue weighted by Crippen LogP contribution is -2.56. The number of H-pyrrole nitrogens is 1. The number of amides is 1. The Kier molecular flexibility index (Phi) is 5.94. The van der Waals surface area contributed by atoms with Crippen LogP contribution in [0.1, 0.15) is 16.6 Å². The smallest absolute Gasteiger partial charge is 0.264 e. The molecule has 0 bridgehead atoms. The molecule has 2 aromatic heterocycles. The number of fused-ring (bicyclic) bond motifs is 3. The van der Waals surface area contributed by atoms with Gasteiger partial charge in [-0.15, -0.1) is 11.3 Å². The fourth-order valence-electron chi connectivity index (χ4n) is 4.34. The Bertz CT molecular complexity index is 1260. The van der Waals surface area contributed by atoms with Gasteiger partial charge in [0.1, 0.15) is 11.9 Å². The maximum Gasteiger partial charge on any atom is 0.264 e. The van der Waals surface area contributed by atoms with Crippen LogP contribution in [-0.2, 0) is 0 Å². The van der Waals surface area contributed by atoms with Gasteiger partial charge in [-0.2, -0.15) is 0 Å². The zero-order chi connectivity index (χ0) is 22.2. The second kappa shape index (κ2) is 8.86. The monoisotopic (exact) mass is 513 g/mol. The van der Waals surface area contributed by atoms with Crippen molar-refractivity contribution in [3.05, 3.63) is 63.3 Å². The summed E-state index contributed by atoms with van der Waals surface area (Å²) < 4.78 is 7.38. The van der Waals surface area contributed by atoms with Crippen molar-refractivity contribution in [2.45, 2.75) is 19.3 Å². The maximum atomic E-state index is 12.8. The molecule has 0 radical (unpaired) electrons. The quantitative estimate of drug-likeness (QED) is 0.406. The Morgan fingerprint density at radius 3 is 2.53 bits per heavy atom. The molecule has 166 valence electrons. The number of aromatic amines is 1. The molecule has 2 unspecified atom stereocenters. The highest BCUT2D eigenvalue weighted by molar-refractivity contribution is 9.11. The zero-order valence-electron chi connectivity index (χ0n) is 17.6. The fourth-order valence-corrected chi connectivity index (χ4v) is 5.69. The number of hydrogen-bond donors (Lipinski definition) is 2. The Balaban J connectivity index is 1.35. The van der Waals surface area contributed by atoms with Crippen molar-refractivity contribution in [1.29, 1.82) is 0 Å². The second-order valence-corrected chi connectivity index (χ2v) is 10.5. The van der Waals surface area contributed by atoms with E-state index < -0.39 is 12.3 Å². The van der Waals surface area contributed by atoms with Crippen LogP contribution in [0.2, 0.25) is 0 Å². The number of nitrogens with one attached hydrogen (secondary N) is 1. The van der Waals surface area contributed by atoms with Crippen LogP contribution in [0, 0.1) is 0 Å². The van der Waals surface area contributed by atoms with Gasteiger partial charge < -0.3 is 19.7 Å². The van der Waals surface area contributed by atoms with Gasteiger partial charge in [0, 0.05) is 42.5 Å². The van der Waals surface area contributed by atoms with Crippen molar-refractivity contribution in [2.24, 2.45) is 0 Å². The van der Waals surface area contributed by atoms with E-state index >= 15 is 0 Å². The summed E-state index contributed by atoms with van der Waals surface area (Å²) in [5.41, 5.74) is 2.06. The van der Waals surface area contributed by atoms with Gasteiger partial charge in [0.25, 0.3) is 5.91 Å². The number of aromatic nitrogens is 1. The van der Waals surface area contributed by atoms with Gasteiger partial charge in [-0.3, -0.25) is 9.69 Å². The second-order valence-electron chi connectivity index (χ2n) is 8.03. The Labute approximate surface area is 198 Å². The van der Waals surface area contributed by atoms with E-state index in [1.165, 1.54) is 11.3 Å². The van der Waals surface area contributed by atoms with E-state index in [4.69, 9.17) is 4.74 Å². The number of aliphatic hydroxyl groups excluding tert-OH is 1. The van der Waals surface area contributed by atoms with Gasteiger partial charge in [-0.25, -0.2) is 0 Å². The molecule has 8 heteroatoms. The van der Waals surface area contributed by atoms with Gasteiger partial charge in [-0.1, -0.05) is 24.3 Å². The number of piperazine rings is 1. The molecule has 1 amide bonds. The molecule has 3 heterocycles. The number of nitrogens with zero attached hydrogens (tertiary/aromatic N) is 2. The summed E-state index contributed by atoms with van der Waals surface area (Å²) in [4.78, 5) is 20.9. The highest BCUT2D eigenvalue weighted by Crippen LogP contribution is 2.34. The van der Waals surface area contributed by atoms with Crippen LogP contribution in [0.3, 0.4) is 0 Å².